The standard InChI is InChI=1S/C13H26O/c1-5-11(2)14-13(3,4)12-9-7-6-8-10-12/h11-12H,5-10H2,1-4H3. The SMILES string of the molecule is CCC(C)OC(C)(C)C1CCCCC1. The lowest BCUT2D eigenvalue weighted by Crippen LogP contribution is -2.38. The van der Waals surface area contributed by atoms with E-state index in [2.05, 4.69) is 27.7 Å². The van der Waals surface area contributed by atoms with E-state index < -0.39 is 0 Å². The van der Waals surface area contributed by atoms with Crippen LogP contribution in [0.25, 0.3) is 0 Å². The maximum absolute atomic E-state index is 6.13. The highest BCUT2D eigenvalue weighted by atomic mass is 16.5. The summed E-state index contributed by atoms with van der Waals surface area (Å²) in [5.74, 6) is 0.783. The zero-order valence-electron chi connectivity index (χ0n) is 10.3. The van der Waals surface area contributed by atoms with Crippen molar-refractivity contribution in [3.05, 3.63) is 0 Å². The molecule has 1 nitrogen and oxygen atoms in total. The maximum Gasteiger partial charge on any atom is 0.0658 e. The van der Waals surface area contributed by atoms with Crippen LogP contribution in [-0.4, -0.2) is 11.7 Å². The molecule has 0 amide bonds. The van der Waals surface area contributed by atoms with E-state index in [1.165, 1.54) is 32.1 Å². The number of hydrogen-bond donors (Lipinski definition) is 0. The van der Waals surface area contributed by atoms with Gasteiger partial charge in [-0.15, -0.1) is 0 Å². The van der Waals surface area contributed by atoms with Crippen LogP contribution in [0.4, 0.5) is 0 Å². The minimum atomic E-state index is 0.0931. The first kappa shape index (κ1) is 12.0. The second-order valence-electron chi connectivity index (χ2n) is 5.28. The van der Waals surface area contributed by atoms with Crippen molar-refractivity contribution in [2.75, 3.05) is 0 Å². The molecule has 0 bridgehead atoms. The van der Waals surface area contributed by atoms with Gasteiger partial charge in [-0.05, 0) is 46.0 Å². The maximum atomic E-state index is 6.13. The molecular weight excluding hydrogens is 172 g/mol. The van der Waals surface area contributed by atoms with Crippen LogP contribution in [0.15, 0.2) is 0 Å². The molecule has 0 radical (unpaired) electrons. The Bertz CT molecular complexity index is 157. The first-order chi connectivity index (χ1) is 6.56. The van der Waals surface area contributed by atoms with E-state index in [-0.39, 0.29) is 5.60 Å². The summed E-state index contributed by atoms with van der Waals surface area (Å²) in [6, 6.07) is 0. The highest BCUT2D eigenvalue weighted by Gasteiger charge is 2.32. The van der Waals surface area contributed by atoms with Crippen LogP contribution >= 0.6 is 0 Å². The average Bonchev–Trinajstić information content (AvgIpc) is 2.18. The molecule has 0 aromatic carbocycles. The predicted molar refractivity (Wildman–Crippen MR) is 61.5 cm³/mol. The Labute approximate surface area is 89.2 Å². The van der Waals surface area contributed by atoms with Crippen molar-refractivity contribution in [3.63, 3.8) is 0 Å². The van der Waals surface area contributed by atoms with Gasteiger partial charge in [-0.2, -0.15) is 0 Å². The lowest BCUT2D eigenvalue weighted by Gasteiger charge is -2.38. The molecule has 0 saturated heterocycles. The molecule has 0 heterocycles. The first-order valence-electron chi connectivity index (χ1n) is 6.24. The first-order valence-corrected chi connectivity index (χ1v) is 6.24. The average molecular weight is 198 g/mol. The van der Waals surface area contributed by atoms with Crippen LogP contribution < -0.4 is 0 Å². The summed E-state index contributed by atoms with van der Waals surface area (Å²) in [4.78, 5) is 0. The molecule has 0 aliphatic heterocycles. The summed E-state index contributed by atoms with van der Waals surface area (Å²) in [6.07, 6.45) is 8.49. The fourth-order valence-electron chi connectivity index (χ4n) is 2.50. The Morgan fingerprint density at radius 2 is 1.79 bits per heavy atom. The topological polar surface area (TPSA) is 9.23 Å². The Morgan fingerprint density at radius 1 is 1.21 bits per heavy atom. The van der Waals surface area contributed by atoms with Gasteiger partial charge in [0.15, 0.2) is 0 Å². The van der Waals surface area contributed by atoms with Gasteiger partial charge in [-0.25, -0.2) is 0 Å². The summed E-state index contributed by atoms with van der Waals surface area (Å²) >= 11 is 0. The molecule has 0 aromatic rings. The molecule has 0 aromatic heterocycles. The van der Waals surface area contributed by atoms with Crippen molar-refractivity contribution >= 4 is 0 Å². The largest absolute Gasteiger partial charge is 0.372 e. The van der Waals surface area contributed by atoms with E-state index >= 15 is 0 Å². The normalized spacial score (nSPS) is 22.3. The Morgan fingerprint density at radius 3 is 2.29 bits per heavy atom. The summed E-state index contributed by atoms with van der Waals surface area (Å²) < 4.78 is 6.13. The molecule has 1 aliphatic carbocycles. The molecule has 1 saturated carbocycles. The van der Waals surface area contributed by atoms with Crippen LogP contribution in [-0.2, 0) is 4.74 Å². The monoisotopic (exact) mass is 198 g/mol. The quantitative estimate of drug-likeness (QED) is 0.659. The van der Waals surface area contributed by atoms with Gasteiger partial charge in [0.2, 0.25) is 0 Å². The number of ether oxygens (including phenoxy) is 1. The van der Waals surface area contributed by atoms with Gasteiger partial charge < -0.3 is 4.74 Å². The van der Waals surface area contributed by atoms with Crippen LogP contribution in [0.5, 0.6) is 0 Å². The third kappa shape index (κ3) is 3.27. The van der Waals surface area contributed by atoms with Crippen LogP contribution in [0, 0.1) is 5.92 Å². The zero-order valence-corrected chi connectivity index (χ0v) is 10.3. The molecular formula is C13H26O. The Hall–Kier alpha value is -0.0400. The van der Waals surface area contributed by atoms with E-state index in [0.29, 0.717) is 6.10 Å². The van der Waals surface area contributed by atoms with Crippen molar-refractivity contribution in [1.82, 2.24) is 0 Å². The molecule has 1 rings (SSSR count). The third-order valence-corrected chi connectivity index (χ3v) is 3.67. The number of rotatable bonds is 4. The van der Waals surface area contributed by atoms with Crippen molar-refractivity contribution in [2.24, 2.45) is 5.92 Å². The van der Waals surface area contributed by atoms with Crippen molar-refractivity contribution in [1.29, 1.82) is 0 Å². The second-order valence-corrected chi connectivity index (χ2v) is 5.28. The van der Waals surface area contributed by atoms with E-state index in [1.54, 1.807) is 0 Å². The molecule has 1 unspecified atom stereocenters. The van der Waals surface area contributed by atoms with E-state index in [9.17, 15) is 0 Å². The van der Waals surface area contributed by atoms with Gasteiger partial charge in [0.1, 0.15) is 0 Å². The van der Waals surface area contributed by atoms with Gasteiger partial charge in [-0.3, -0.25) is 0 Å². The fourth-order valence-corrected chi connectivity index (χ4v) is 2.50. The van der Waals surface area contributed by atoms with Gasteiger partial charge >= 0.3 is 0 Å². The molecule has 1 aliphatic rings. The van der Waals surface area contributed by atoms with E-state index in [4.69, 9.17) is 4.74 Å². The summed E-state index contributed by atoms with van der Waals surface area (Å²) in [7, 11) is 0. The van der Waals surface area contributed by atoms with Gasteiger partial charge in [0.25, 0.3) is 0 Å². The molecule has 84 valence electrons. The third-order valence-electron chi connectivity index (χ3n) is 3.67. The summed E-state index contributed by atoms with van der Waals surface area (Å²) in [6.45, 7) is 8.93. The molecule has 0 spiro atoms. The Kier molecular flexibility index (Phi) is 4.43. The highest BCUT2D eigenvalue weighted by Crippen LogP contribution is 2.35. The fraction of sp³-hybridized carbons (Fsp3) is 1.00. The number of hydrogen-bond acceptors (Lipinski definition) is 1. The van der Waals surface area contributed by atoms with Crippen LogP contribution in [0.1, 0.15) is 66.2 Å². The van der Waals surface area contributed by atoms with Crippen LogP contribution in [0.2, 0.25) is 0 Å². The van der Waals surface area contributed by atoms with Gasteiger partial charge in [0.05, 0.1) is 11.7 Å². The molecule has 14 heavy (non-hydrogen) atoms. The summed E-state index contributed by atoms with van der Waals surface area (Å²) in [5, 5.41) is 0. The lowest BCUT2D eigenvalue weighted by molar-refractivity contribution is -0.107. The molecule has 1 heteroatoms. The molecule has 1 fully saturated rings. The molecule has 1 atom stereocenters. The van der Waals surface area contributed by atoms with Gasteiger partial charge in [-0.1, -0.05) is 26.2 Å². The van der Waals surface area contributed by atoms with Crippen molar-refractivity contribution in [2.45, 2.75) is 77.9 Å². The predicted octanol–water partition coefficient (Wildman–Crippen LogP) is 4.16. The van der Waals surface area contributed by atoms with E-state index in [0.717, 1.165) is 12.3 Å². The summed E-state index contributed by atoms with van der Waals surface area (Å²) in [5.41, 5.74) is 0.0931. The zero-order chi connectivity index (χ0) is 10.6. The van der Waals surface area contributed by atoms with Crippen molar-refractivity contribution in [3.8, 4) is 0 Å². The highest BCUT2D eigenvalue weighted by molar-refractivity contribution is 4.82. The van der Waals surface area contributed by atoms with Crippen LogP contribution in [0.3, 0.4) is 0 Å². The second kappa shape index (κ2) is 5.16. The lowest BCUT2D eigenvalue weighted by atomic mass is 9.78. The minimum Gasteiger partial charge on any atom is -0.372 e. The Balaban J connectivity index is 2.45. The van der Waals surface area contributed by atoms with Gasteiger partial charge in [0, 0.05) is 0 Å². The van der Waals surface area contributed by atoms with E-state index in [1.807, 2.05) is 0 Å². The smallest absolute Gasteiger partial charge is 0.0658 e. The van der Waals surface area contributed by atoms with Crippen molar-refractivity contribution < 1.29 is 4.74 Å². The minimum absolute atomic E-state index is 0.0931. The molecule has 0 N–H and O–H groups in total.